The number of rotatable bonds is 21. The molecule has 6 heteroatoms. The molecule has 4 nitrogen and oxygen atoms in total. The zero-order chi connectivity index (χ0) is 26.5. The minimum atomic E-state index is -1.37. The molecule has 0 aliphatic heterocycles. The van der Waals surface area contributed by atoms with Gasteiger partial charge in [0, 0.05) is 11.9 Å². The largest absolute Gasteiger partial charge is 0.550 e. The zero-order valence-corrected chi connectivity index (χ0v) is 29.5. The van der Waals surface area contributed by atoms with Gasteiger partial charge in [-0.2, -0.15) is 0 Å². The van der Waals surface area contributed by atoms with Gasteiger partial charge in [-0.05, 0) is 12.8 Å². The number of hydrogen-bond acceptors (Lipinski definition) is 4. The van der Waals surface area contributed by atoms with Crippen LogP contribution in [0.15, 0.2) is 0 Å². The molecule has 0 N–H and O–H groups in total. The quantitative estimate of drug-likeness (QED) is 0.121. The first-order valence-electron chi connectivity index (χ1n) is 14.4. The van der Waals surface area contributed by atoms with Gasteiger partial charge in [-0.15, -0.1) is 0 Å². The van der Waals surface area contributed by atoms with Crippen molar-refractivity contribution in [2.24, 2.45) is 0 Å². The molecule has 0 bridgehead atoms. The molecule has 0 aliphatic carbocycles. The molecule has 0 aromatic carbocycles. The fourth-order valence-electron chi connectivity index (χ4n) is 3.51. The van der Waals surface area contributed by atoms with Crippen LogP contribution in [0.3, 0.4) is 0 Å². The molecular formula is C28H58O4Sn2. The fourth-order valence-corrected chi connectivity index (χ4v) is 22.4. The van der Waals surface area contributed by atoms with Crippen molar-refractivity contribution in [1.29, 1.82) is 0 Å². The van der Waals surface area contributed by atoms with Gasteiger partial charge < -0.3 is 19.8 Å². The predicted molar refractivity (Wildman–Crippen MR) is 149 cm³/mol. The van der Waals surface area contributed by atoms with Crippen molar-refractivity contribution in [3.8, 4) is 0 Å². The average Bonchev–Trinajstić information content (AvgIpc) is 2.82. The maximum absolute atomic E-state index is 9.50. The molecule has 0 amide bonds. The molecule has 0 fully saturated rings. The Kier molecular flexibility index (Phi) is 38.5. The Bertz CT molecular complexity index is 343. The summed E-state index contributed by atoms with van der Waals surface area (Å²) < 4.78 is 10.1. The first kappa shape index (κ1) is 39.1. The molecule has 0 atom stereocenters. The number of carboxylic acid groups (broad SMARTS) is 2. The van der Waals surface area contributed by atoms with Gasteiger partial charge in [0.1, 0.15) is 0 Å². The third-order valence-corrected chi connectivity index (χ3v) is 24.0. The number of carbonyl (C=O) groups is 2. The summed E-state index contributed by atoms with van der Waals surface area (Å²) in [6, 6.07) is 0. The summed E-state index contributed by atoms with van der Waals surface area (Å²) in [5.74, 6) is -2.73. The molecule has 0 saturated carbocycles. The first-order chi connectivity index (χ1) is 16.3. The van der Waals surface area contributed by atoms with Gasteiger partial charge in [-0.25, -0.2) is 0 Å². The van der Waals surface area contributed by atoms with Gasteiger partial charge in [-0.1, -0.05) is 0 Å². The van der Waals surface area contributed by atoms with E-state index in [1.54, 1.807) is 26.6 Å². The van der Waals surface area contributed by atoms with Crippen LogP contribution in [-0.2, 0) is 9.59 Å². The molecule has 0 unspecified atom stereocenters. The van der Waals surface area contributed by atoms with Crippen LogP contribution in [0.4, 0.5) is 0 Å². The van der Waals surface area contributed by atoms with E-state index < -0.39 is 64.3 Å². The van der Waals surface area contributed by atoms with Crippen LogP contribution in [0, 0.1) is 0 Å². The van der Waals surface area contributed by atoms with Gasteiger partial charge >= 0.3 is 185 Å². The summed E-state index contributed by atoms with van der Waals surface area (Å²) in [5, 5.41) is 19.0. The average molecular weight is 696 g/mol. The number of unbranched alkanes of at least 4 members (excludes halogenated alkanes) is 6. The molecule has 0 radical (unpaired) electrons. The van der Waals surface area contributed by atoms with E-state index in [2.05, 4.69) is 41.5 Å². The Morgan fingerprint density at radius 3 is 0.735 bits per heavy atom. The third kappa shape index (κ3) is 37.1. The standard InChI is InChI=1S/C4H6O4.6C4H9.2Sn/c5-3(6)1-2-4(7)8;6*1-3-4-2;;/h1-2H2,(H,5,6)(H,7,8);6*1,3-4H2,2H3;;/q;;;;;;;2*+1/p-2. The SMILES string of the molecule is CCC[CH2][Sn+]([CH2]CCC)[CH2]CCC.CCC[CH2][Sn+]([CH2]CCC)[CH2]CCC.O=C([O-])CCC(=O)[O-]. The van der Waals surface area contributed by atoms with E-state index in [4.69, 9.17) is 0 Å². The summed E-state index contributed by atoms with van der Waals surface area (Å²) in [6.45, 7) is 14.0. The summed E-state index contributed by atoms with van der Waals surface area (Å²) in [5.41, 5.74) is 0. The van der Waals surface area contributed by atoms with Crippen LogP contribution in [-0.4, -0.2) is 51.5 Å². The first-order valence-corrected chi connectivity index (χ1v) is 26.5. The van der Waals surface area contributed by atoms with E-state index in [1.165, 1.54) is 77.0 Å². The zero-order valence-electron chi connectivity index (χ0n) is 23.8. The Morgan fingerprint density at radius 2 is 0.618 bits per heavy atom. The Hall–Kier alpha value is 0.537. The number of hydrogen-bond donors (Lipinski definition) is 0. The summed E-state index contributed by atoms with van der Waals surface area (Å²) >= 11 is -1.68. The fraction of sp³-hybridized carbons (Fsp3) is 0.929. The topological polar surface area (TPSA) is 80.3 Å². The van der Waals surface area contributed by atoms with Crippen LogP contribution < -0.4 is 10.2 Å². The van der Waals surface area contributed by atoms with Crippen molar-refractivity contribution in [1.82, 2.24) is 0 Å². The van der Waals surface area contributed by atoms with E-state index in [1.807, 2.05) is 0 Å². The summed E-state index contributed by atoms with van der Waals surface area (Å²) in [6.07, 6.45) is 16.8. The maximum atomic E-state index is 9.50. The normalized spacial score (nSPS) is 9.94. The van der Waals surface area contributed by atoms with E-state index in [9.17, 15) is 19.8 Å². The summed E-state index contributed by atoms with van der Waals surface area (Å²) in [7, 11) is 0. The Morgan fingerprint density at radius 1 is 0.441 bits per heavy atom. The van der Waals surface area contributed by atoms with Gasteiger partial charge in [0.05, 0.1) is 0 Å². The van der Waals surface area contributed by atoms with E-state index in [-0.39, 0.29) is 0 Å². The van der Waals surface area contributed by atoms with Crippen molar-refractivity contribution in [2.45, 2.75) is 158 Å². The third-order valence-electron chi connectivity index (χ3n) is 5.84. The molecule has 0 aromatic heterocycles. The number of carbonyl (C=O) groups excluding carboxylic acids is 2. The summed E-state index contributed by atoms with van der Waals surface area (Å²) in [4.78, 5) is 19.0. The Balaban J connectivity index is -0.000000438. The van der Waals surface area contributed by atoms with Crippen LogP contribution >= 0.6 is 0 Å². The maximum Gasteiger partial charge on any atom is 0.0418 e. The molecule has 0 spiro atoms. The van der Waals surface area contributed by atoms with Crippen molar-refractivity contribution in [3.05, 3.63) is 0 Å². The van der Waals surface area contributed by atoms with Gasteiger partial charge in [0.15, 0.2) is 0 Å². The van der Waals surface area contributed by atoms with Crippen molar-refractivity contribution in [2.75, 3.05) is 0 Å². The molecule has 0 heterocycles. The molecular weight excluding hydrogens is 638 g/mol. The minimum absolute atomic E-state index is 0.470. The molecule has 202 valence electrons. The minimum Gasteiger partial charge on any atom is -0.550 e. The van der Waals surface area contributed by atoms with Crippen LogP contribution in [0.25, 0.3) is 0 Å². The molecule has 0 rings (SSSR count). The number of carboxylic acids is 2. The van der Waals surface area contributed by atoms with Crippen LogP contribution in [0.5, 0.6) is 0 Å². The van der Waals surface area contributed by atoms with Gasteiger partial charge in [-0.3, -0.25) is 0 Å². The number of aliphatic carboxylic acids is 2. The second-order valence-electron chi connectivity index (χ2n) is 9.37. The molecule has 34 heavy (non-hydrogen) atoms. The molecule has 0 saturated heterocycles. The van der Waals surface area contributed by atoms with Crippen molar-refractivity contribution in [3.63, 3.8) is 0 Å². The van der Waals surface area contributed by atoms with Crippen LogP contribution in [0.1, 0.15) is 131 Å². The van der Waals surface area contributed by atoms with Gasteiger partial charge in [0.25, 0.3) is 0 Å². The Labute approximate surface area is 227 Å². The molecule has 0 aromatic rings. The predicted octanol–water partition coefficient (Wildman–Crippen LogP) is 7.03. The van der Waals surface area contributed by atoms with E-state index in [0.717, 1.165) is 0 Å². The van der Waals surface area contributed by atoms with E-state index in [0.29, 0.717) is 0 Å². The monoisotopic (exact) mass is 698 g/mol. The van der Waals surface area contributed by atoms with E-state index >= 15 is 0 Å². The second kappa shape index (κ2) is 33.5. The molecule has 0 aliphatic rings. The van der Waals surface area contributed by atoms with Crippen LogP contribution in [0.2, 0.25) is 26.6 Å². The van der Waals surface area contributed by atoms with Gasteiger partial charge in [0.2, 0.25) is 0 Å². The smallest absolute Gasteiger partial charge is 0.0418 e. The second-order valence-corrected chi connectivity index (χ2v) is 26.5. The van der Waals surface area contributed by atoms with Crippen molar-refractivity contribution < 1.29 is 19.8 Å². The van der Waals surface area contributed by atoms with Crippen molar-refractivity contribution >= 4 is 51.5 Å².